The summed E-state index contributed by atoms with van der Waals surface area (Å²) in [5.41, 5.74) is 6.12. The lowest BCUT2D eigenvalue weighted by molar-refractivity contribution is 0.0992. The van der Waals surface area contributed by atoms with Gasteiger partial charge in [-0.15, -0.1) is 0 Å². The van der Waals surface area contributed by atoms with Gasteiger partial charge in [0.15, 0.2) is 5.78 Å². The van der Waals surface area contributed by atoms with Gasteiger partial charge in [0, 0.05) is 35.6 Å². The van der Waals surface area contributed by atoms with Crippen molar-refractivity contribution in [3.8, 4) is 5.69 Å². The van der Waals surface area contributed by atoms with E-state index in [0.717, 1.165) is 22.5 Å². The number of hydrogen-bond donors (Lipinski definition) is 0. The van der Waals surface area contributed by atoms with Gasteiger partial charge in [-0.1, -0.05) is 35.9 Å². The van der Waals surface area contributed by atoms with E-state index in [1.54, 1.807) is 23.2 Å². The van der Waals surface area contributed by atoms with E-state index in [2.05, 4.69) is 4.98 Å². The number of imidazole rings is 1. The summed E-state index contributed by atoms with van der Waals surface area (Å²) in [7, 11) is 0. The maximum absolute atomic E-state index is 12.9. The van der Waals surface area contributed by atoms with Crippen LogP contribution in [0.25, 0.3) is 5.69 Å². The maximum atomic E-state index is 12.9. The topological polar surface area (TPSA) is 56.9 Å². The van der Waals surface area contributed by atoms with E-state index in [1.807, 2.05) is 80.1 Å². The molecular formula is C26H25N3O2. The number of pyridine rings is 1. The van der Waals surface area contributed by atoms with Crippen LogP contribution in [0.5, 0.6) is 0 Å². The SMILES string of the molecule is Cc1ccc(Cn2cccc(CC(=O)c3ccc(-n4cnc(C)c4)c(C)c3)c2=O)cc1. The quantitative estimate of drug-likeness (QED) is 0.441. The summed E-state index contributed by atoms with van der Waals surface area (Å²) in [5.74, 6) is -0.0679. The van der Waals surface area contributed by atoms with Crippen LogP contribution in [-0.4, -0.2) is 19.9 Å². The average Bonchev–Trinajstić information content (AvgIpc) is 3.18. The van der Waals surface area contributed by atoms with Crippen LogP contribution in [0, 0.1) is 20.8 Å². The lowest BCUT2D eigenvalue weighted by atomic mass is 10.0. The van der Waals surface area contributed by atoms with Crippen molar-refractivity contribution in [2.24, 2.45) is 0 Å². The van der Waals surface area contributed by atoms with Gasteiger partial charge >= 0.3 is 0 Å². The zero-order valence-corrected chi connectivity index (χ0v) is 18.0. The smallest absolute Gasteiger partial charge is 0.254 e. The average molecular weight is 412 g/mol. The van der Waals surface area contributed by atoms with Crippen LogP contribution in [0.4, 0.5) is 0 Å². The molecule has 0 bridgehead atoms. The van der Waals surface area contributed by atoms with E-state index in [1.165, 1.54) is 5.56 Å². The second-order valence-electron chi connectivity index (χ2n) is 7.98. The highest BCUT2D eigenvalue weighted by molar-refractivity contribution is 5.97. The van der Waals surface area contributed by atoms with E-state index in [0.29, 0.717) is 17.7 Å². The van der Waals surface area contributed by atoms with E-state index >= 15 is 0 Å². The second-order valence-corrected chi connectivity index (χ2v) is 7.98. The first-order chi connectivity index (χ1) is 14.9. The molecule has 0 atom stereocenters. The standard InChI is InChI=1S/C26H25N3O2/c1-18-6-8-21(9-7-18)16-28-12-4-5-23(26(28)31)14-25(30)22-10-11-24(19(2)13-22)29-15-20(3)27-17-29/h4-13,15,17H,14,16H2,1-3H3. The Bertz CT molecular complexity index is 1300. The van der Waals surface area contributed by atoms with Crippen LogP contribution < -0.4 is 5.56 Å². The molecule has 0 fully saturated rings. The van der Waals surface area contributed by atoms with E-state index in [-0.39, 0.29) is 17.8 Å². The Morgan fingerprint density at radius 2 is 1.77 bits per heavy atom. The first kappa shape index (κ1) is 20.5. The van der Waals surface area contributed by atoms with Gasteiger partial charge in [0.25, 0.3) is 5.56 Å². The van der Waals surface area contributed by atoms with Gasteiger partial charge in [0.05, 0.1) is 18.6 Å². The molecule has 0 saturated heterocycles. The van der Waals surface area contributed by atoms with E-state index in [4.69, 9.17) is 0 Å². The number of Topliss-reactive ketones (excluding diaryl/α,β-unsaturated/α-hetero) is 1. The molecule has 0 unspecified atom stereocenters. The Labute approximate surface area is 181 Å². The van der Waals surface area contributed by atoms with Crippen molar-refractivity contribution in [1.29, 1.82) is 0 Å². The Morgan fingerprint density at radius 3 is 2.45 bits per heavy atom. The Balaban J connectivity index is 1.54. The third-order valence-electron chi connectivity index (χ3n) is 5.43. The number of rotatable bonds is 6. The van der Waals surface area contributed by atoms with Crippen LogP contribution in [0.2, 0.25) is 0 Å². The van der Waals surface area contributed by atoms with Crippen molar-refractivity contribution >= 4 is 5.78 Å². The zero-order valence-electron chi connectivity index (χ0n) is 18.0. The van der Waals surface area contributed by atoms with Crippen LogP contribution in [0.15, 0.2) is 78.1 Å². The summed E-state index contributed by atoms with van der Waals surface area (Å²) in [6.45, 7) is 6.43. The summed E-state index contributed by atoms with van der Waals surface area (Å²) in [5, 5.41) is 0. The molecule has 0 aliphatic carbocycles. The highest BCUT2D eigenvalue weighted by Crippen LogP contribution is 2.17. The molecular weight excluding hydrogens is 386 g/mol. The zero-order chi connectivity index (χ0) is 22.0. The predicted octanol–water partition coefficient (Wildman–Crippen LogP) is 4.43. The predicted molar refractivity (Wildman–Crippen MR) is 122 cm³/mol. The molecule has 4 rings (SSSR count). The molecule has 31 heavy (non-hydrogen) atoms. The van der Waals surface area contributed by atoms with Crippen molar-refractivity contribution in [3.05, 3.63) is 117 Å². The van der Waals surface area contributed by atoms with Gasteiger partial charge in [-0.25, -0.2) is 4.98 Å². The molecule has 0 aliphatic heterocycles. The fourth-order valence-electron chi connectivity index (χ4n) is 3.68. The molecule has 0 aliphatic rings. The number of nitrogens with zero attached hydrogens (tertiary/aromatic N) is 3. The monoisotopic (exact) mass is 411 g/mol. The summed E-state index contributed by atoms with van der Waals surface area (Å²) in [6, 6.07) is 17.3. The van der Waals surface area contributed by atoms with Crippen LogP contribution >= 0.6 is 0 Å². The van der Waals surface area contributed by atoms with Crippen molar-refractivity contribution < 1.29 is 4.79 Å². The summed E-state index contributed by atoms with van der Waals surface area (Å²) >= 11 is 0. The molecule has 0 amide bonds. The number of ketones is 1. The number of carbonyl (C=O) groups is 1. The minimum Gasteiger partial charge on any atom is -0.311 e. The summed E-state index contributed by atoms with van der Waals surface area (Å²) in [4.78, 5) is 30.1. The van der Waals surface area contributed by atoms with Crippen molar-refractivity contribution in [2.45, 2.75) is 33.7 Å². The second kappa shape index (κ2) is 8.56. The fraction of sp³-hybridized carbons (Fsp3) is 0.192. The maximum Gasteiger partial charge on any atom is 0.254 e. The molecule has 4 aromatic rings. The van der Waals surface area contributed by atoms with Gasteiger partial charge in [-0.2, -0.15) is 0 Å². The number of aryl methyl sites for hydroxylation is 3. The lowest BCUT2D eigenvalue weighted by Crippen LogP contribution is -2.25. The molecule has 2 aromatic carbocycles. The molecule has 0 spiro atoms. The Morgan fingerprint density at radius 1 is 1.00 bits per heavy atom. The van der Waals surface area contributed by atoms with Crippen molar-refractivity contribution in [2.75, 3.05) is 0 Å². The highest BCUT2D eigenvalue weighted by Gasteiger charge is 2.13. The minimum absolute atomic E-state index is 0.0679. The molecule has 0 saturated carbocycles. The van der Waals surface area contributed by atoms with E-state index < -0.39 is 0 Å². The van der Waals surface area contributed by atoms with E-state index in [9.17, 15) is 9.59 Å². The van der Waals surface area contributed by atoms with Gasteiger partial charge in [-0.05, 0) is 56.2 Å². The van der Waals surface area contributed by atoms with Crippen molar-refractivity contribution in [3.63, 3.8) is 0 Å². The first-order valence-electron chi connectivity index (χ1n) is 10.3. The number of carbonyl (C=O) groups excluding carboxylic acids is 1. The van der Waals surface area contributed by atoms with Crippen LogP contribution in [0.1, 0.15) is 38.3 Å². The van der Waals surface area contributed by atoms with Gasteiger partial charge < -0.3 is 9.13 Å². The minimum atomic E-state index is -0.126. The Hall–Kier alpha value is -3.73. The largest absolute Gasteiger partial charge is 0.311 e. The first-order valence-corrected chi connectivity index (χ1v) is 10.3. The Kier molecular flexibility index (Phi) is 5.67. The molecule has 5 heteroatoms. The van der Waals surface area contributed by atoms with Gasteiger partial charge in [-0.3, -0.25) is 9.59 Å². The van der Waals surface area contributed by atoms with Gasteiger partial charge in [0.2, 0.25) is 0 Å². The van der Waals surface area contributed by atoms with Gasteiger partial charge in [0.1, 0.15) is 0 Å². The highest BCUT2D eigenvalue weighted by atomic mass is 16.1. The number of aromatic nitrogens is 3. The fourth-order valence-corrected chi connectivity index (χ4v) is 3.68. The molecule has 0 N–H and O–H groups in total. The van der Waals surface area contributed by atoms with Crippen LogP contribution in [0.3, 0.4) is 0 Å². The van der Waals surface area contributed by atoms with Crippen molar-refractivity contribution in [1.82, 2.24) is 14.1 Å². The number of benzene rings is 2. The summed E-state index contributed by atoms with van der Waals surface area (Å²) in [6.07, 6.45) is 5.56. The molecule has 2 heterocycles. The summed E-state index contributed by atoms with van der Waals surface area (Å²) < 4.78 is 3.60. The molecule has 5 nitrogen and oxygen atoms in total. The molecule has 0 radical (unpaired) electrons. The third-order valence-corrected chi connectivity index (χ3v) is 5.43. The third kappa shape index (κ3) is 4.56. The molecule has 156 valence electrons. The van der Waals surface area contributed by atoms with Crippen LogP contribution in [-0.2, 0) is 13.0 Å². The molecule has 2 aromatic heterocycles. The normalized spacial score (nSPS) is 10.9. The number of hydrogen-bond acceptors (Lipinski definition) is 3. The lowest BCUT2D eigenvalue weighted by Gasteiger charge is -2.10.